The van der Waals surface area contributed by atoms with Crippen LogP contribution in [0.5, 0.6) is 0 Å². The smallest absolute Gasteiger partial charge is 0.223 e. The van der Waals surface area contributed by atoms with Crippen LogP contribution in [0.15, 0.2) is 0 Å². The maximum absolute atomic E-state index is 11.9. The zero-order chi connectivity index (χ0) is 11.4. The molecule has 0 radical (unpaired) electrons. The molecule has 3 heteroatoms. The Bertz CT molecular complexity index is 216. The second-order valence-corrected chi connectivity index (χ2v) is 5.06. The molecule has 0 aromatic rings. The molecule has 3 nitrogen and oxygen atoms in total. The first-order valence-electron chi connectivity index (χ1n) is 5.97. The Morgan fingerprint density at radius 3 is 2.53 bits per heavy atom. The lowest BCUT2D eigenvalue weighted by molar-refractivity contribution is -0.127. The highest BCUT2D eigenvalue weighted by Gasteiger charge is 2.30. The van der Waals surface area contributed by atoms with Gasteiger partial charge in [0.25, 0.3) is 0 Å². The largest absolute Gasteiger partial charge is 0.394 e. The van der Waals surface area contributed by atoms with Gasteiger partial charge in [-0.05, 0) is 24.7 Å². The first-order chi connectivity index (χ1) is 7.06. The van der Waals surface area contributed by atoms with Crippen LogP contribution in [0.3, 0.4) is 0 Å². The van der Waals surface area contributed by atoms with Crippen LogP contribution in [0.25, 0.3) is 0 Å². The first-order valence-corrected chi connectivity index (χ1v) is 5.97. The van der Waals surface area contributed by atoms with Crippen molar-refractivity contribution in [3.63, 3.8) is 0 Å². The van der Waals surface area contributed by atoms with Crippen LogP contribution in [0.1, 0.15) is 40.0 Å². The van der Waals surface area contributed by atoms with Crippen molar-refractivity contribution in [3.8, 4) is 0 Å². The highest BCUT2D eigenvalue weighted by Crippen LogP contribution is 2.31. The number of nitrogens with one attached hydrogen (secondary N) is 1. The fourth-order valence-electron chi connectivity index (χ4n) is 2.25. The molecule has 1 amide bonds. The summed E-state index contributed by atoms with van der Waals surface area (Å²) in [4.78, 5) is 11.9. The van der Waals surface area contributed by atoms with Crippen LogP contribution in [0.4, 0.5) is 0 Å². The molecular formula is C12H23NO2. The zero-order valence-corrected chi connectivity index (χ0v) is 9.99. The van der Waals surface area contributed by atoms with Gasteiger partial charge in [-0.25, -0.2) is 0 Å². The standard InChI is InChI=1S/C12H23NO2/c1-8(2)11(7-14)13-12(15)10-6-4-5-9(10)3/h8-11,14H,4-7H2,1-3H3,(H,13,15). The zero-order valence-electron chi connectivity index (χ0n) is 9.99. The first kappa shape index (κ1) is 12.5. The SMILES string of the molecule is CC(C)C(CO)NC(=O)C1CCCC1C. The van der Waals surface area contributed by atoms with Crippen molar-refractivity contribution in [2.24, 2.45) is 17.8 Å². The number of carbonyl (C=O) groups excluding carboxylic acids is 1. The number of aliphatic hydroxyl groups is 1. The van der Waals surface area contributed by atoms with E-state index in [0.717, 1.165) is 19.3 Å². The van der Waals surface area contributed by atoms with Crippen LogP contribution in [-0.2, 0) is 4.79 Å². The molecule has 3 atom stereocenters. The Morgan fingerprint density at radius 1 is 1.47 bits per heavy atom. The summed E-state index contributed by atoms with van der Waals surface area (Å²) in [5.74, 6) is 1.08. The lowest BCUT2D eigenvalue weighted by Gasteiger charge is -2.23. The highest BCUT2D eigenvalue weighted by atomic mass is 16.3. The molecule has 0 heterocycles. The van der Waals surface area contributed by atoms with Crippen molar-refractivity contribution in [2.45, 2.75) is 46.1 Å². The van der Waals surface area contributed by atoms with Crippen molar-refractivity contribution in [1.29, 1.82) is 0 Å². The minimum atomic E-state index is -0.0923. The third kappa shape index (κ3) is 3.20. The average molecular weight is 213 g/mol. The second kappa shape index (κ2) is 5.50. The molecule has 3 unspecified atom stereocenters. The molecule has 2 N–H and O–H groups in total. The van der Waals surface area contributed by atoms with E-state index in [0.29, 0.717) is 5.92 Å². The summed E-state index contributed by atoms with van der Waals surface area (Å²) < 4.78 is 0. The Labute approximate surface area is 92.3 Å². The fraction of sp³-hybridized carbons (Fsp3) is 0.917. The second-order valence-electron chi connectivity index (χ2n) is 5.06. The van der Waals surface area contributed by atoms with Gasteiger partial charge in [-0.1, -0.05) is 27.2 Å². The van der Waals surface area contributed by atoms with Gasteiger partial charge in [0, 0.05) is 5.92 Å². The number of hydrogen-bond donors (Lipinski definition) is 2. The Morgan fingerprint density at radius 2 is 2.13 bits per heavy atom. The van der Waals surface area contributed by atoms with E-state index >= 15 is 0 Å². The van der Waals surface area contributed by atoms with Gasteiger partial charge < -0.3 is 10.4 Å². The molecule has 15 heavy (non-hydrogen) atoms. The van der Waals surface area contributed by atoms with E-state index in [2.05, 4.69) is 12.2 Å². The van der Waals surface area contributed by atoms with Crippen LogP contribution < -0.4 is 5.32 Å². The van der Waals surface area contributed by atoms with Crippen molar-refractivity contribution in [2.75, 3.05) is 6.61 Å². The van der Waals surface area contributed by atoms with E-state index in [9.17, 15) is 4.79 Å². The van der Waals surface area contributed by atoms with Gasteiger partial charge in [0.05, 0.1) is 12.6 Å². The summed E-state index contributed by atoms with van der Waals surface area (Å²) >= 11 is 0. The van der Waals surface area contributed by atoms with Gasteiger partial charge in [-0.2, -0.15) is 0 Å². The molecule has 1 rings (SSSR count). The highest BCUT2D eigenvalue weighted by molar-refractivity contribution is 5.79. The quantitative estimate of drug-likeness (QED) is 0.744. The minimum absolute atomic E-state index is 0.0322. The van der Waals surface area contributed by atoms with Gasteiger partial charge in [0.2, 0.25) is 5.91 Å². The molecule has 0 aliphatic heterocycles. The van der Waals surface area contributed by atoms with Gasteiger partial charge in [-0.15, -0.1) is 0 Å². The van der Waals surface area contributed by atoms with Gasteiger partial charge in [-0.3, -0.25) is 4.79 Å². The topological polar surface area (TPSA) is 49.3 Å². The van der Waals surface area contributed by atoms with E-state index in [1.807, 2.05) is 13.8 Å². The van der Waals surface area contributed by atoms with Crippen molar-refractivity contribution >= 4 is 5.91 Å². The molecule has 1 fully saturated rings. The van der Waals surface area contributed by atoms with Gasteiger partial charge in [0.15, 0.2) is 0 Å². The predicted molar refractivity (Wildman–Crippen MR) is 60.4 cm³/mol. The van der Waals surface area contributed by atoms with Crippen molar-refractivity contribution in [3.05, 3.63) is 0 Å². The summed E-state index contributed by atoms with van der Waals surface area (Å²) in [6, 6.07) is -0.0923. The minimum Gasteiger partial charge on any atom is -0.394 e. The monoisotopic (exact) mass is 213 g/mol. The number of rotatable bonds is 4. The predicted octanol–water partition coefficient (Wildman–Crippen LogP) is 1.56. The molecule has 88 valence electrons. The van der Waals surface area contributed by atoms with Crippen molar-refractivity contribution in [1.82, 2.24) is 5.32 Å². The summed E-state index contributed by atoms with van der Waals surface area (Å²) in [5, 5.41) is 12.1. The number of hydrogen-bond acceptors (Lipinski definition) is 2. The summed E-state index contributed by atoms with van der Waals surface area (Å²) in [7, 11) is 0. The molecule has 0 bridgehead atoms. The van der Waals surface area contributed by atoms with E-state index in [-0.39, 0.29) is 30.4 Å². The normalized spacial score (nSPS) is 28.1. The van der Waals surface area contributed by atoms with E-state index < -0.39 is 0 Å². The summed E-state index contributed by atoms with van der Waals surface area (Å²) in [5.41, 5.74) is 0. The van der Waals surface area contributed by atoms with E-state index in [1.54, 1.807) is 0 Å². The lowest BCUT2D eigenvalue weighted by Crippen LogP contribution is -2.44. The molecule has 0 aromatic carbocycles. The number of carbonyl (C=O) groups is 1. The average Bonchev–Trinajstić information content (AvgIpc) is 2.60. The van der Waals surface area contributed by atoms with Crippen molar-refractivity contribution < 1.29 is 9.90 Å². The van der Waals surface area contributed by atoms with Crippen LogP contribution in [0.2, 0.25) is 0 Å². The van der Waals surface area contributed by atoms with E-state index in [1.165, 1.54) is 0 Å². The lowest BCUT2D eigenvalue weighted by atomic mass is 9.96. The van der Waals surface area contributed by atoms with Crippen LogP contribution >= 0.6 is 0 Å². The van der Waals surface area contributed by atoms with Gasteiger partial charge in [0.1, 0.15) is 0 Å². The van der Waals surface area contributed by atoms with Crippen LogP contribution in [-0.4, -0.2) is 23.7 Å². The third-order valence-electron chi connectivity index (χ3n) is 3.53. The molecule has 1 saturated carbocycles. The maximum atomic E-state index is 11.9. The molecule has 0 aromatic heterocycles. The molecule has 1 aliphatic rings. The molecule has 1 aliphatic carbocycles. The Balaban J connectivity index is 2.46. The maximum Gasteiger partial charge on any atom is 0.223 e. The third-order valence-corrected chi connectivity index (χ3v) is 3.53. The fourth-order valence-corrected chi connectivity index (χ4v) is 2.25. The van der Waals surface area contributed by atoms with Gasteiger partial charge >= 0.3 is 0 Å². The molecule has 0 saturated heterocycles. The number of amides is 1. The Kier molecular flexibility index (Phi) is 4.58. The number of aliphatic hydroxyl groups excluding tert-OH is 1. The summed E-state index contributed by atoms with van der Waals surface area (Å²) in [6.07, 6.45) is 3.32. The van der Waals surface area contributed by atoms with E-state index in [4.69, 9.17) is 5.11 Å². The summed E-state index contributed by atoms with van der Waals surface area (Å²) in [6.45, 7) is 6.20. The van der Waals surface area contributed by atoms with Crippen LogP contribution in [0, 0.1) is 17.8 Å². The molecule has 0 spiro atoms. The molecular weight excluding hydrogens is 190 g/mol. The Hall–Kier alpha value is -0.570.